The van der Waals surface area contributed by atoms with E-state index in [1.54, 1.807) is 0 Å². The quantitative estimate of drug-likeness (QED) is 0.0320. The Labute approximate surface area is 513 Å². The van der Waals surface area contributed by atoms with Crippen LogP contribution >= 0.6 is 0 Å². The maximum atomic E-state index is 12.5. The number of aliphatic hydroxyl groups excluding tert-OH is 2. The molecule has 0 saturated heterocycles. The average molecular weight is 1160 g/mol. The molecule has 0 saturated carbocycles. The van der Waals surface area contributed by atoms with Crippen molar-refractivity contribution in [2.45, 2.75) is 437 Å². The van der Waals surface area contributed by atoms with Crippen molar-refractivity contribution in [3.05, 3.63) is 24.3 Å². The van der Waals surface area contributed by atoms with Crippen molar-refractivity contribution in [1.82, 2.24) is 5.32 Å². The number of allylic oxidation sites excluding steroid dienone is 4. The lowest BCUT2D eigenvalue weighted by molar-refractivity contribution is -0.143. The summed E-state index contributed by atoms with van der Waals surface area (Å²) < 4.78 is 5.51. The first kappa shape index (κ1) is 80.3. The number of ether oxygens (including phenoxy) is 1. The van der Waals surface area contributed by atoms with Crippen molar-refractivity contribution in [2.24, 2.45) is 0 Å². The number of unbranched alkanes of at least 4 members (excludes halogenated alkanes) is 56. The van der Waals surface area contributed by atoms with Gasteiger partial charge in [-0.25, -0.2) is 0 Å². The molecule has 6 nitrogen and oxygen atoms in total. The van der Waals surface area contributed by atoms with Gasteiger partial charge in [0.25, 0.3) is 0 Å². The van der Waals surface area contributed by atoms with Gasteiger partial charge in [-0.1, -0.05) is 378 Å². The van der Waals surface area contributed by atoms with E-state index in [2.05, 4.69) is 43.5 Å². The molecule has 0 bridgehead atoms. The van der Waals surface area contributed by atoms with Gasteiger partial charge in [0.2, 0.25) is 5.91 Å². The predicted molar refractivity (Wildman–Crippen MR) is 361 cm³/mol. The van der Waals surface area contributed by atoms with E-state index in [0.717, 1.165) is 44.9 Å². The Morgan fingerprint density at radius 1 is 0.341 bits per heavy atom. The van der Waals surface area contributed by atoms with Crippen molar-refractivity contribution >= 4 is 11.9 Å². The molecule has 486 valence electrons. The van der Waals surface area contributed by atoms with Gasteiger partial charge in [0.1, 0.15) is 0 Å². The van der Waals surface area contributed by atoms with Gasteiger partial charge in [0.05, 0.1) is 25.4 Å². The molecule has 0 aromatic heterocycles. The van der Waals surface area contributed by atoms with Crippen molar-refractivity contribution in [2.75, 3.05) is 13.2 Å². The van der Waals surface area contributed by atoms with Crippen LogP contribution in [0.1, 0.15) is 425 Å². The van der Waals surface area contributed by atoms with Crippen LogP contribution in [0.2, 0.25) is 0 Å². The van der Waals surface area contributed by atoms with Gasteiger partial charge in [0, 0.05) is 12.8 Å². The Balaban J connectivity index is 3.40. The molecule has 0 aliphatic rings. The molecule has 0 radical (unpaired) electrons. The fourth-order valence-corrected chi connectivity index (χ4v) is 12.0. The molecule has 6 heteroatoms. The first-order valence-electron chi connectivity index (χ1n) is 37.6. The summed E-state index contributed by atoms with van der Waals surface area (Å²) in [6.07, 6.45) is 91.0. The average Bonchev–Trinajstić information content (AvgIpc) is 3.48. The fourth-order valence-electron chi connectivity index (χ4n) is 12.0. The number of amides is 1. The summed E-state index contributed by atoms with van der Waals surface area (Å²) in [5.74, 6) is -0.0176. The second kappa shape index (κ2) is 71.8. The summed E-state index contributed by atoms with van der Waals surface area (Å²) in [6, 6.07) is -0.545. The zero-order chi connectivity index (χ0) is 59.2. The van der Waals surface area contributed by atoms with Crippen LogP contribution in [0.3, 0.4) is 0 Å². The molecule has 0 aliphatic heterocycles. The van der Waals surface area contributed by atoms with Crippen molar-refractivity contribution in [1.29, 1.82) is 0 Å². The smallest absolute Gasteiger partial charge is 0.305 e. The molecule has 0 heterocycles. The SMILES string of the molecule is CCCCCCCCCCCCCCCCCCCCCCC(O)C(CO)NC(=O)CCCCCCCCCCCCC/C=C\C/C=C\CCCCCCCCCCCOC(=O)CCCCCCCCCCCCCCCCCCCC. The van der Waals surface area contributed by atoms with E-state index in [0.29, 0.717) is 25.9 Å². The summed E-state index contributed by atoms with van der Waals surface area (Å²) in [5.41, 5.74) is 0. The van der Waals surface area contributed by atoms with E-state index in [-0.39, 0.29) is 18.5 Å². The largest absolute Gasteiger partial charge is 0.466 e. The van der Waals surface area contributed by atoms with E-state index < -0.39 is 12.1 Å². The molecule has 0 aromatic rings. The monoisotopic (exact) mass is 1150 g/mol. The van der Waals surface area contributed by atoms with Crippen LogP contribution in [-0.2, 0) is 14.3 Å². The van der Waals surface area contributed by atoms with Crippen LogP contribution in [0.15, 0.2) is 24.3 Å². The van der Waals surface area contributed by atoms with Crippen LogP contribution in [0.5, 0.6) is 0 Å². The first-order valence-corrected chi connectivity index (χ1v) is 37.6. The van der Waals surface area contributed by atoms with E-state index in [1.165, 1.54) is 347 Å². The number of esters is 1. The lowest BCUT2D eigenvalue weighted by Crippen LogP contribution is -2.45. The highest BCUT2D eigenvalue weighted by Gasteiger charge is 2.20. The lowest BCUT2D eigenvalue weighted by atomic mass is 10.0. The highest BCUT2D eigenvalue weighted by molar-refractivity contribution is 5.76. The number of rotatable bonds is 71. The Kier molecular flexibility index (Phi) is 70.4. The number of carbonyl (C=O) groups is 2. The molecule has 1 amide bonds. The van der Waals surface area contributed by atoms with Crippen LogP contribution in [-0.4, -0.2) is 47.4 Å². The third-order valence-electron chi connectivity index (χ3n) is 17.8. The zero-order valence-corrected chi connectivity index (χ0v) is 55.8. The van der Waals surface area contributed by atoms with Gasteiger partial charge in [-0.05, 0) is 57.8 Å². The van der Waals surface area contributed by atoms with E-state index >= 15 is 0 Å². The number of nitrogens with one attached hydrogen (secondary N) is 1. The third kappa shape index (κ3) is 67.5. The summed E-state index contributed by atoms with van der Waals surface area (Å²) in [4.78, 5) is 24.7. The molecule has 0 rings (SSSR count). The Hall–Kier alpha value is -1.66. The lowest BCUT2D eigenvalue weighted by Gasteiger charge is -2.22. The minimum absolute atomic E-state index is 0.0161. The highest BCUT2D eigenvalue weighted by Crippen LogP contribution is 2.19. The second-order valence-electron chi connectivity index (χ2n) is 26.0. The van der Waals surface area contributed by atoms with E-state index in [1.807, 2.05) is 0 Å². The Morgan fingerprint density at radius 2 is 0.610 bits per heavy atom. The summed E-state index contributed by atoms with van der Waals surface area (Å²) in [5, 5.41) is 23.4. The van der Waals surface area contributed by atoms with Gasteiger partial charge in [-0.15, -0.1) is 0 Å². The minimum atomic E-state index is -0.667. The number of aliphatic hydroxyl groups is 2. The number of hydrogen-bond acceptors (Lipinski definition) is 5. The van der Waals surface area contributed by atoms with Crippen LogP contribution < -0.4 is 5.32 Å². The predicted octanol–water partition coefficient (Wildman–Crippen LogP) is 24.5. The van der Waals surface area contributed by atoms with Gasteiger partial charge in [-0.3, -0.25) is 9.59 Å². The van der Waals surface area contributed by atoms with Gasteiger partial charge in [-0.2, -0.15) is 0 Å². The van der Waals surface area contributed by atoms with Crippen LogP contribution in [0, 0.1) is 0 Å². The minimum Gasteiger partial charge on any atom is -0.466 e. The van der Waals surface area contributed by atoms with Crippen molar-refractivity contribution in [3.8, 4) is 0 Å². The molecule has 2 atom stereocenters. The van der Waals surface area contributed by atoms with Crippen molar-refractivity contribution in [3.63, 3.8) is 0 Å². The zero-order valence-electron chi connectivity index (χ0n) is 55.8. The maximum absolute atomic E-state index is 12.5. The number of carbonyl (C=O) groups excluding carboxylic acids is 2. The number of hydrogen-bond donors (Lipinski definition) is 3. The van der Waals surface area contributed by atoms with Crippen LogP contribution in [0.25, 0.3) is 0 Å². The normalized spacial score (nSPS) is 12.6. The van der Waals surface area contributed by atoms with Crippen molar-refractivity contribution < 1.29 is 24.5 Å². The van der Waals surface area contributed by atoms with Crippen LogP contribution in [0.4, 0.5) is 0 Å². The van der Waals surface area contributed by atoms with Gasteiger partial charge < -0.3 is 20.3 Å². The molecule has 0 aromatic carbocycles. The molecular formula is C76H147NO5. The van der Waals surface area contributed by atoms with Gasteiger partial charge >= 0.3 is 5.97 Å². The summed E-state index contributed by atoms with van der Waals surface area (Å²) in [6.45, 7) is 5.00. The molecule has 3 N–H and O–H groups in total. The topological polar surface area (TPSA) is 95.9 Å². The Morgan fingerprint density at radius 3 is 0.927 bits per heavy atom. The first-order chi connectivity index (χ1) is 40.5. The molecule has 0 spiro atoms. The van der Waals surface area contributed by atoms with Gasteiger partial charge in [0.15, 0.2) is 0 Å². The molecule has 0 fully saturated rings. The molecule has 82 heavy (non-hydrogen) atoms. The standard InChI is InChI=1S/C76H147NO5/c1-3-5-7-9-11-13-15-17-19-21-23-33-36-40-44-48-52-56-60-64-68-74(79)73(72-78)77-75(80)69-65-61-57-53-49-45-41-37-34-31-29-27-25-24-26-28-30-32-35-39-43-47-51-55-59-63-67-71-82-76(81)70-66-62-58-54-50-46-42-38-22-20-18-16-14-12-10-8-6-4-2/h24-25,28,30,73-74,78-79H,3-23,26-27,29,31-72H2,1-2H3,(H,77,80)/b25-24-,30-28-. The highest BCUT2D eigenvalue weighted by atomic mass is 16.5. The Bertz CT molecular complexity index is 1280. The fraction of sp³-hybridized carbons (Fsp3) is 0.921. The molecular weight excluding hydrogens is 1010 g/mol. The summed E-state index contributed by atoms with van der Waals surface area (Å²) in [7, 11) is 0. The van der Waals surface area contributed by atoms with E-state index in [9.17, 15) is 19.8 Å². The maximum Gasteiger partial charge on any atom is 0.305 e. The third-order valence-corrected chi connectivity index (χ3v) is 17.8. The summed E-state index contributed by atoms with van der Waals surface area (Å²) >= 11 is 0. The molecule has 2 unspecified atom stereocenters. The second-order valence-corrected chi connectivity index (χ2v) is 26.0. The van der Waals surface area contributed by atoms with E-state index in [4.69, 9.17) is 4.74 Å². The molecule has 0 aliphatic carbocycles.